The van der Waals surface area contributed by atoms with Crippen LogP contribution in [-0.2, 0) is 11.2 Å². The van der Waals surface area contributed by atoms with Gasteiger partial charge in [-0.25, -0.2) is 4.98 Å². The molecule has 2 amide bonds. The summed E-state index contributed by atoms with van der Waals surface area (Å²) in [5.74, 6) is -0.868. The molecule has 0 radical (unpaired) electrons. The average molecular weight is 369 g/mol. The van der Waals surface area contributed by atoms with Crippen LogP contribution in [0.15, 0.2) is 54.7 Å². The minimum absolute atomic E-state index is 0.292. The summed E-state index contributed by atoms with van der Waals surface area (Å²) >= 11 is 6.10. The summed E-state index contributed by atoms with van der Waals surface area (Å²) in [6.07, 6.45) is 5.52. The molecule has 0 saturated heterocycles. The second-order valence-corrected chi connectivity index (χ2v) is 5.90. The van der Waals surface area contributed by atoms with Crippen molar-refractivity contribution in [2.24, 2.45) is 0 Å². The summed E-state index contributed by atoms with van der Waals surface area (Å²) in [6.45, 7) is 2.04. The molecule has 0 unspecified atom stereocenters. The molecule has 3 aromatic rings. The Morgan fingerprint density at radius 1 is 1.15 bits per heavy atom. The Morgan fingerprint density at radius 2 is 1.92 bits per heavy atom. The zero-order valence-corrected chi connectivity index (χ0v) is 14.8. The van der Waals surface area contributed by atoms with Gasteiger partial charge in [-0.15, -0.1) is 0 Å². The third-order valence-corrected chi connectivity index (χ3v) is 4.12. The van der Waals surface area contributed by atoms with E-state index in [2.05, 4.69) is 15.8 Å². The van der Waals surface area contributed by atoms with Crippen molar-refractivity contribution >= 4 is 35.1 Å². The maximum Gasteiger partial charge on any atom is 0.269 e. The number of pyridine rings is 1. The summed E-state index contributed by atoms with van der Waals surface area (Å²) in [7, 11) is 0. The van der Waals surface area contributed by atoms with Crippen LogP contribution >= 0.6 is 11.6 Å². The zero-order chi connectivity index (χ0) is 18.5. The van der Waals surface area contributed by atoms with Crippen LogP contribution in [0, 0.1) is 0 Å². The van der Waals surface area contributed by atoms with Crippen LogP contribution in [0.1, 0.15) is 28.5 Å². The van der Waals surface area contributed by atoms with Crippen LogP contribution in [-0.4, -0.2) is 21.2 Å². The van der Waals surface area contributed by atoms with E-state index in [1.54, 1.807) is 28.8 Å². The number of halogens is 1. The average Bonchev–Trinajstić information content (AvgIpc) is 2.99. The van der Waals surface area contributed by atoms with Gasteiger partial charge in [0, 0.05) is 17.8 Å². The van der Waals surface area contributed by atoms with Crippen molar-refractivity contribution in [2.45, 2.75) is 13.3 Å². The number of fused-ring (bicyclic) bond motifs is 1. The predicted molar refractivity (Wildman–Crippen MR) is 101 cm³/mol. The summed E-state index contributed by atoms with van der Waals surface area (Å²) in [4.78, 5) is 28.2. The lowest BCUT2D eigenvalue weighted by Crippen LogP contribution is -2.40. The van der Waals surface area contributed by atoms with Crippen molar-refractivity contribution in [1.82, 2.24) is 20.2 Å². The molecular formula is C19H17ClN4O2. The third kappa shape index (κ3) is 3.92. The molecule has 0 bridgehead atoms. The van der Waals surface area contributed by atoms with Gasteiger partial charge in [0.25, 0.3) is 11.8 Å². The quantitative estimate of drug-likeness (QED) is 0.549. The lowest BCUT2D eigenvalue weighted by atomic mass is 10.1. The Balaban J connectivity index is 1.62. The minimum atomic E-state index is -0.481. The van der Waals surface area contributed by atoms with E-state index in [-0.39, 0.29) is 5.91 Å². The SMILES string of the molecule is CCc1ccc(C(=O)NNC(=O)/C=C/c2c(Cl)nc3ccccn23)cc1. The first-order valence-electron chi connectivity index (χ1n) is 8.08. The monoisotopic (exact) mass is 368 g/mol. The maximum atomic E-state index is 12.0. The Kier molecular flexibility index (Phi) is 5.34. The molecule has 26 heavy (non-hydrogen) atoms. The molecule has 3 rings (SSSR count). The van der Waals surface area contributed by atoms with Crippen LogP contribution in [0.4, 0.5) is 0 Å². The summed E-state index contributed by atoms with van der Waals surface area (Å²) in [6, 6.07) is 12.7. The van der Waals surface area contributed by atoms with E-state index in [0.29, 0.717) is 22.1 Å². The van der Waals surface area contributed by atoms with Crippen LogP contribution in [0.3, 0.4) is 0 Å². The Morgan fingerprint density at radius 3 is 2.65 bits per heavy atom. The topological polar surface area (TPSA) is 75.5 Å². The van der Waals surface area contributed by atoms with Crippen molar-refractivity contribution in [2.75, 3.05) is 0 Å². The number of hydrazine groups is 1. The second-order valence-electron chi connectivity index (χ2n) is 5.54. The number of aryl methyl sites for hydroxylation is 1. The van der Waals surface area contributed by atoms with Gasteiger partial charge in [-0.05, 0) is 42.3 Å². The Hall–Kier alpha value is -3.12. The number of hydrogen-bond acceptors (Lipinski definition) is 3. The van der Waals surface area contributed by atoms with E-state index in [0.717, 1.165) is 12.0 Å². The highest BCUT2D eigenvalue weighted by Crippen LogP contribution is 2.18. The van der Waals surface area contributed by atoms with E-state index < -0.39 is 5.91 Å². The fourth-order valence-corrected chi connectivity index (χ4v) is 2.65. The highest BCUT2D eigenvalue weighted by Gasteiger charge is 2.08. The van der Waals surface area contributed by atoms with Crippen LogP contribution < -0.4 is 10.9 Å². The van der Waals surface area contributed by atoms with Gasteiger partial charge < -0.3 is 0 Å². The van der Waals surface area contributed by atoms with E-state index in [1.165, 1.54) is 6.08 Å². The number of nitrogens with zero attached hydrogens (tertiary/aromatic N) is 2. The summed E-state index contributed by atoms with van der Waals surface area (Å²) < 4.78 is 1.76. The van der Waals surface area contributed by atoms with Crippen molar-refractivity contribution in [3.63, 3.8) is 0 Å². The molecule has 0 saturated carbocycles. The highest BCUT2D eigenvalue weighted by atomic mass is 35.5. The number of aromatic nitrogens is 2. The molecule has 0 aliphatic rings. The maximum absolute atomic E-state index is 12.0. The number of carbonyl (C=O) groups is 2. The zero-order valence-electron chi connectivity index (χ0n) is 14.1. The molecular weight excluding hydrogens is 352 g/mol. The number of amides is 2. The number of hydrogen-bond donors (Lipinski definition) is 2. The Labute approximate surface area is 155 Å². The lowest BCUT2D eigenvalue weighted by Gasteiger charge is -2.06. The Bertz CT molecular complexity index is 977. The summed E-state index contributed by atoms with van der Waals surface area (Å²) in [5, 5.41) is 0.292. The van der Waals surface area contributed by atoms with Gasteiger partial charge in [-0.2, -0.15) is 0 Å². The number of imidazole rings is 1. The normalized spacial score (nSPS) is 11.0. The second kappa shape index (κ2) is 7.84. The van der Waals surface area contributed by atoms with Gasteiger partial charge in [0.15, 0.2) is 5.15 Å². The molecule has 0 atom stereocenters. The molecule has 0 aliphatic carbocycles. The molecule has 2 heterocycles. The standard InChI is InChI=1S/C19H17ClN4O2/c1-2-13-6-8-14(9-7-13)19(26)23-22-17(25)11-10-15-18(20)21-16-5-3-4-12-24(15)16/h3-12H,2H2,1H3,(H,22,25)(H,23,26)/b11-10+. The van der Waals surface area contributed by atoms with Crippen LogP contribution in [0.25, 0.3) is 11.7 Å². The first-order valence-corrected chi connectivity index (χ1v) is 8.46. The van der Waals surface area contributed by atoms with Crippen LogP contribution in [0.5, 0.6) is 0 Å². The summed E-state index contributed by atoms with van der Waals surface area (Å²) in [5.41, 5.74) is 7.58. The molecule has 0 aliphatic heterocycles. The van der Waals surface area contributed by atoms with Crippen LogP contribution in [0.2, 0.25) is 5.15 Å². The van der Waals surface area contributed by atoms with Gasteiger partial charge >= 0.3 is 0 Å². The molecule has 2 N–H and O–H groups in total. The number of nitrogens with one attached hydrogen (secondary N) is 2. The van der Waals surface area contributed by atoms with E-state index in [9.17, 15) is 9.59 Å². The fourth-order valence-electron chi connectivity index (χ4n) is 2.41. The molecule has 7 heteroatoms. The molecule has 0 spiro atoms. The largest absolute Gasteiger partial charge is 0.299 e. The molecule has 1 aromatic carbocycles. The molecule has 132 valence electrons. The molecule has 6 nitrogen and oxygen atoms in total. The number of benzene rings is 1. The first kappa shape index (κ1) is 17.7. The highest BCUT2D eigenvalue weighted by molar-refractivity contribution is 6.31. The van der Waals surface area contributed by atoms with E-state index in [1.807, 2.05) is 37.3 Å². The molecule has 0 fully saturated rings. The van der Waals surface area contributed by atoms with Crippen molar-refractivity contribution < 1.29 is 9.59 Å². The molecule has 2 aromatic heterocycles. The van der Waals surface area contributed by atoms with Crippen molar-refractivity contribution in [3.8, 4) is 0 Å². The number of carbonyl (C=O) groups excluding carboxylic acids is 2. The van der Waals surface area contributed by atoms with Crippen molar-refractivity contribution in [1.29, 1.82) is 0 Å². The van der Waals surface area contributed by atoms with Gasteiger partial charge in [0.05, 0.1) is 5.69 Å². The van der Waals surface area contributed by atoms with Gasteiger partial charge in [-0.3, -0.25) is 24.8 Å². The van der Waals surface area contributed by atoms with E-state index >= 15 is 0 Å². The van der Waals surface area contributed by atoms with E-state index in [4.69, 9.17) is 11.6 Å². The lowest BCUT2D eigenvalue weighted by molar-refractivity contribution is -0.117. The van der Waals surface area contributed by atoms with Gasteiger partial charge in [0.1, 0.15) is 5.65 Å². The van der Waals surface area contributed by atoms with Crippen molar-refractivity contribution in [3.05, 3.63) is 76.7 Å². The minimum Gasteiger partial charge on any atom is -0.299 e. The number of rotatable bonds is 4. The smallest absolute Gasteiger partial charge is 0.269 e. The predicted octanol–water partition coefficient (Wildman–Crippen LogP) is 3.02. The third-order valence-electron chi connectivity index (χ3n) is 3.84. The van der Waals surface area contributed by atoms with Gasteiger partial charge in [0.2, 0.25) is 0 Å². The van der Waals surface area contributed by atoms with Gasteiger partial charge in [-0.1, -0.05) is 36.7 Å². The fraction of sp³-hybridized carbons (Fsp3) is 0.105. The first-order chi connectivity index (χ1) is 12.6.